The number of furan rings is 1. The molecular weight excluding hydrogens is 372 g/mol. The van der Waals surface area contributed by atoms with Gasteiger partial charge in [-0.2, -0.15) is 0 Å². The lowest BCUT2D eigenvalue weighted by Crippen LogP contribution is -2.40. The van der Waals surface area contributed by atoms with Crippen molar-refractivity contribution in [3.05, 3.63) is 51.9 Å². The number of aryl methyl sites for hydroxylation is 1. The third-order valence-corrected chi connectivity index (χ3v) is 5.00. The van der Waals surface area contributed by atoms with Crippen molar-refractivity contribution in [3.8, 4) is 5.75 Å². The molecule has 0 fully saturated rings. The Hall–Kier alpha value is -1.95. The Morgan fingerprint density at radius 1 is 1.42 bits per heavy atom. The Bertz CT molecular complexity index is 729. The van der Waals surface area contributed by atoms with Crippen LogP contribution in [-0.2, 0) is 6.42 Å². The number of fused-ring (bicyclic) bond motifs is 1. The fraction of sp³-hybridized carbons (Fsp3) is 0.389. The second-order valence-electron chi connectivity index (χ2n) is 5.98. The van der Waals surface area contributed by atoms with E-state index in [0.717, 1.165) is 46.4 Å². The zero-order valence-electron chi connectivity index (χ0n) is 13.8. The molecule has 0 aliphatic heterocycles. The highest BCUT2D eigenvalue weighted by molar-refractivity contribution is 9.10. The van der Waals surface area contributed by atoms with Crippen LogP contribution >= 0.6 is 15.9 Å². The Morgan fingerprint density at radius 2 is 2.25 bits per heavy atom. The molecule has 0 spiro atoms. The minimum atomic E-state index is -0.173. The minimum absolute atomic E-state index is 0.0160. The van der Waals surface area contributed by atoms with E-state index in [-0.39, 0.29) is 18.1 Å². The summed E-state index contributed by atoms with van der Waals surface area (Å²) < 4.78 is 11.6. The molecule has 128 valence electrons. The number of amides is 2. The molecule has 2 unspecified atom stereocenters. The molecule has 0 saturated heterocycles. The molecule has 2 N–H and O–H groups in total. The molecule has 24 heavy (non-hydrogen) atoms. The molecule has 1 aromatic heterocycles. The van der Waals surface area contributed by atoms with Gasteiger partial charge in [0.05, 0.1) is 29.9 Å². The normalized spacial score (nSPS) is 17.7. The number of nitrogens with one attached hydrogen (secondary N) is 2. The third kappa shape index (κ3) is 3.59. The molecule has 1 aromatic carbocycles. The van der Waals surface area contributed by atoms with Crippen LogP contribution in [0.25, 0.3) is 0 Å². The number of urea groups is 1. The van der Waals surface area contributed by atoms with E-state index < -0.39 is 0 Å². The van der Waals surface area contributed by atoms with Crippen LogP contribution in [0.15, 0.2) is 39.4 Å². The topological polar surface area (TPSA) is 63.5 Å². The molecule has 3 rings (SSSR count). The minimum Gasteiger partial charge on any atom is -0.496 e. The second-order valence-corrected chi connectivity index (χ2v) is 6.83. The number of methoxy groups -OCH3 is 1. The molecule has 2 atom stereocenters. The molecule has 1 aliphatic carbocycles. The summed E-state index contributed by atoms with van der Waals surface area (Å²) in [5, 5.41) is 6.04. The lowest BCUT2D eigenvalue weighted by Gasteiger charge is -2.24. The summed E-state index contributed by atoms with van der Waals surface area (Å²) in [4.78, 5) is 12.3. The highest BCUT2D eigenvalue weighted by Gasteiger charge is 2.24. The summed E-state index contributed by atoms with van der Waals surface area (Å²) in [5.74, 6) is 1.75. The first-order valence-electron chi connectivity index (χ1n) is 8.05. The molecule has 0 bridgehead atoms. The molecule has 2 aromatic rings. The average molecular weight is 393 g/mol. The van der Waals surface area contributed by atoms with Crippen molar-refractivity contribution in [1.29, 1.82) is 0 Å². The van der Waals surface area contributed by atoms with E-state index in [0.29, 0.717) is 0 Å². The van der Waals surface area contributed by atoms with Crippen LogP contribution in [-0.4, -0.2) is 13.1 Å². The van der Waals surface area contributed by atoms with E-state index in [1.54, 1.807) is 13.4 Å². The number of hydrogen-bond donors (Lipinski definition) is 2. The van der Waals surface area contributed by atoms with E-state index in [2.05, 4.69) is 26.6 Å². The SMILES string of the molecule is COc1ccc(C(C)NC(=O)NC2CCCc3occc32)cc1Br. The van der Waals surface area contributed by atoms with Gasteiger partial charge in [-0.05, 0) is 59.5 Å². The van der Waals surface area contributed by atoms with Gasteiger partial charge in [0.1, 0.15) is 11.5 Å². The second kappa shape index (κ2) is 7.30. The zero-order valence-corrected chi connectivity index (χ0v) is 15.4. The van der Waals surface area contributed by atoms with Gasteiger partial charge in [0.15, 0.2) is 0 Å². The maximum atomic E-state index is 12.3. The van der Waals surface area contributed by atoms with E-state index >= 15 is 0 Å². The fourth-order valence-corrected chi connectivity index (χ4v) is 3.63. The number of carbonyl (C=O) groups excluding carboxylic acids is 1. The van der Waals surface area contributed by atoms with Gasteiger partial charge in [0.25, 0.3) is 0 Å². The van der Waals surface area contributed by atoms with Crippen molar-refractivity contribution in [2.45, 2.75) is 38.3 Å². The molecular formula is C18H21BrN2O3. The van der Waals surface area contributed by atoms with Crippen molar-refractivity contribution < 1.29 is 13.9 Å². The smallest absolute Gasteiger partial charge is 0.315 e. The van der Waals surface area contributed by atoms with Gasteiger partial charge in [-0.25, -0.2) is 4.79 Å². The number of hydrogen-bond acceptors (Lipinski definition) is 3. The van der Waals surface area contributed by atoms with Gasteiger partial charge in [0.2, 0.25) is 0 Å². The third-order valence-electron chi connectivity index (χ3n) is 4.38. The lowest BCUT2D eigenvalue weighted by molar-refractivity contribution is 0.232. The lowest BCUT2D eigenvalue weighted by atomic mass is 9.93. The van der Waals surface area contributed by atoms with Crippen LogP contribution in [0.3, 0.4) is 0 Å². The molecule has 5 nitrogen and oxygen atoms in total. The van der Waals surface area contributed by atoms with Crippen molar-refractivity contribution >= 4 is 22.0 Å². The van der Waals surface area contributed by atoms with Gasteiger partial charge < -0.3 is 19.8 Å². The van der Waals surface area contributed by atoms with Crippen LogP contribution in [0, 0.1) is 0 Å². The van der Waals surface area contributed by atoms with E-state index in [4.69, 9.17) is 9.15 Å². The highest BCUT2D eigenvalue weighted by atomic mass is 79.9. The predicted octanol–water partition coefficient (Wildman–Crippen LogP) is 4.49. The summed E-state index contributed by atoms with van der Waals surface area (Å²) in [7, 11) is 1.63. The molecule has 6 heteroatoms. The van der Waals surface area contributed by atoms with E-state index in [1.807, 2.05) is 31.2 Å². The first-order valence-corrected chi connectivity index (χ1v) is 8.84. The Labute approximate surface area is 149 Å². The van der Waals surface area contributed by atoms with Crippen molar-refractivity contribution in [3.63, 3.8) is 0 Å². The zero-order chi connectivity index (χ0) is 17.1. The highest BCUT2D eigenvalue weighted by Crippen LogP contribution is 2.31. The monoisotopic (exact) mass is 392 g/mol. The van der Waals surface area contributed by atoms with Crippen molar-refractivity contribution in [2.75, 3.05) is 7.11 Å². The molecule has 1 heterocycles. The van der Waals surface area contributed by atoms with Gasteiger partial charge in [-0.15, -0.1) is 0 Å². The molecule has 0 radical (unpaired) electrons. The van der Waals surface area contributed by atoms with Crippen molar-refractivity contribution in [2.24, 2.45) is 0 Å². The number of halogens is 1. The maximum absolute atomic E-state index is 12.3. The number of carbonyl (C=O) groups is 1. The summed E-state index contributed by atoms with van der Waals surface area (Å²) in [6, 6.07) is 7.47. The number of rotatable bonds is 4. The number of ether oxygens (including phenoxy) is 1. The summed E-state index contributed by atoms with van der Waals surface area (Å²) in [6.45, 7) is 1.96. The first-order chi connectivity index (χ1) is 11.6. The van der Waals surface area contributed by atoms with Gasteiger partial charge >= 0.3 is 6.03 Å². The Morgan fingerprint density at radius 3 is 3.00 bits per heavy atom. The van der Waals surface area contributed by atoms with Crippen LogP contribution in [0.4, 0.5) is 4.79 Å². The van der Waals surface area contributed by atoms with Crippen LogP contribution in [0.2, 0.25) is 0 Å². The molecule has 0 saturated carbocycles. The quantitative estimate of drug-likeness (QED) is 0.805. The van der Waals surface area contributed by atoms with Crippen LogP contribution < -0.4 is 15.4 Å². The standard InChI is InChI=1S/C18H21BrN2O3/c1-11(12-6-7-17(23-2)14(19)10-12)20-18(22)21-15-4-3-5-16-13(15)8-9-24-16/h6-11,15H,3-5H2,1-2H3,(H2,20,21,22). The summed E-state index contributed by atoms with van der Waals surface area (Å²) >= 11 is 3.47. The van der Waals surface area contributed by atoms with Gasteiger partial charge in [0, 0.05) is 12.0 Å². The van der Waals surface area contributed by atoms with Crippen molar-refractivity contribution in [1.82, 2.24) is 10.6 Å². The summed E-state index contributed by atoms with van der Waals surface area (Å²) in [6.07, 6.45) is 4.59. The Kier molecular flexibility index (Phi) is 5.14. The molecule has 1 aliphatic rings. The maximum Gasteiger partial charge on any atom is 0.315 e. The van der Waals surface area contributed by atoms with Gasteiger partial charge in [-0.3, -0.25) is 0 Å². The fourth-order valence-electron chi connectivity index (χ4n) is 3.07. The van der Waals surface area contributed by atoms with E-state index in [1.165, 1.54) is 0 Å². The average Bonchev–Trinajstić information content (AvgIpc) is 3.04. The predicted molar refractivity (Wildman–Crippen MR) is 95.2 cm³/mol. The Balaban J connectivity index is 1.62. The number of benzene rings is 1. The van der Waals surface area contributed by atoms with E-state index in [9.17, 15) is 4.79 Å². The summed E-state index contributed by atoms with van der Waals surface area (Å²) in [5.41, 5.74) is 2.10. The van der Waals surface area contributed by atoms with Crippen LogP contribution in [0.5, 0.6) is 5.75 Å². The first kappa shape index (κ1) is 16.9. The van der Waals surface area contributed by atoms with Crippen LogP contribution in [0.1, 0.15) is 48.7 Å². The molecule has 2 amide bonds. The van der Waals surface area contributed by atoms with Gasteiger partial charge in [-0.1, -0.05) is 6.07 Å². The largest absolute Gasteiger partial charge is 0.496 e.